The molecule has 1 saturated carbocycles. The van der Waals surface area contributed by atoms with Crippen molar-refractivity contribution >= 4 is 46.8 Å². The Labute approximate surface area is 149 Å². The minimum absolute atomic E-state index is 0.0117. The molecule has 1 heterocycles. The molecule has 4 nitrogen and oxygen atoms in total. The van der Waals surface area contributed by atoms with Crippen molar-refractivity contribution in [3.05, 3.63) is 33.8 Å². The summed E-state index contributed by atoms with van der Waals surface area (Å²) in [5, 5.41) is 10.2. The number of thioether (sulfide) groups is 1. The molecule has 2 fully saturated rings. The van der Waals surface area contributed by atoms with Crippen molar-refractivity contribution in [2.24, 2.45) is 5.92 Å². The van der Waals surface area contributed by atoms with E-state index < -0.39 is 5.97 Å². The topological polar surface area (TPSA) is 57.6 Å². The van der Waals surface area contributed by atoms with Gasteiger partial charge in [0.2, 0.25) is 5.91 Å². The van der Waals surface area contributed by atoms with Gasteiger partial charge in [-0.25, -0.2) is 0 Å². The number of carbonyl (C=O) groups excluding carboxylic acids is 1. The zero-order chi connectivity index (χ0) is 16.6. The Bertz CT molecular complexity index is 640. The summed E-state index contributed by atoms with van der Waals surface area (Å²) in [5.74, 6) is 0.786. The van der Waals surface area contributed by atoms with Crippen LogP contribution < -0.4 is 0 Å². The smallest absolute Gasteiger partial charge is 0.305 e. The molecule has 124 valence electrons. The SMILES string of the molecule is O=C(O)CC1CSCCN1C(=O)C1CC1c1ccc(Cl)cc1Cl. The number of carbonyl (C=O) groups is 2. The molecule has 0 bridgehead atoms. The van der Waals surface area contributed by atoms with Crippen molar-refractivity contribution in [2.45, 2.75) is 24.8 Å². The highest BCUT2D eigenvalue weighted by atomic mass is 35.5. The van der Waals surface area contributed by atoms with Crippen LogP contribution in [0, 0.1) is 5.92 Å². The summed E-state index contributed by atoms with van der Waals surface area (Å²) in [4.78, 5) is 25.5. The molecule has 3 unspecified atom stereocenters. The monoisotopic (exact) mass is 373 g/mol. The van der Waals surface area contributed by atoms with Gasteiger partial charge in [-0.2, -0.15) is 11.8 Å². The molecular formula is C16H17Cl2NO3S. The van der Waals surface area contributed by atoms with Gasteiger partial charge in [-0.1, -0.05) is 29.3 Å². The number of rotatable bonds is 4. The Balaban J connectivity index is 1.70. The van der Waals surface area contributed by atoms with Crippen LogP contribution in [0.15, 0.2) is 18.2 Å². The number of hydrogen-bond donors (Lipinski definition) is 1. The average Bonchev–Trinajstić information content (AvgIpc) is 3.27. The molecule has 1 N–H and O–H groups in total. The summed E-state index contributed by atoms with van der Waals surface area (Å²) in [7, 11) is 0. The maximum absolute atomic E-state index is 12.8. The van der Waals surface area contributed by atoms with Crippen molar-refractivity contribution in [1.82, 2.24) is 4.90 Å². The summed E-state index contributed by atoms with van der Waals surface area (Å²) in [5.41, 5.74) is 0.954. The summed E-state index contributed by atoms with van der Waals surface area (Å²) >= 11 is 13.8. The van der Waals surface area contributed by atoms with Gasteiger partial charge in [0.15, 0.2) is 0 Å². The molecule has 7 heteroatoms. The summed E-state index contributed by atoms with van der Waals surface area (Å²) in [6.07, 6.45) is 0.779. The highest BCUT2D eigenvalue weighted by molar-refractivity contribution is 7.99. The van der Waals surface area contributed by atoms with E-state index >= 15 is 0 Å². The molecule has 1 aliphatic heterocycles. The molecule has 0 aromatic heterocycles. The number of halogens is 2. The Morgan fingerprint density at radius 2 is 2.13 bits per heavy atom. The predicted molar refractivity (Wildman–Crippen MR) is 92.4 cm³/mol. The van der Waals surface area contributed by atoms with E-state index in [2.05, 4.69) is 0 Å². The van der Waals surface area contributed by atoms with Crippen LogP contribution in [-0.2, 0) is 9.59 Å². The minimum atomic E-state index is -0.858. The number of benzene rings is 1. The molecule has 1 aromatic rings. The molecule has 1 aliphatic carbocycles. The van der Waals surface area contributed by atoms with Crippen LogP contribution in [-0.4, -0.2) is 46.0 Å². The first-order valence-corrected chi connectivity index (χ1v) is 9.43. The molecule has 0 radical (unpaired) electrons. The van der Waals surface area contributed by atoms with Gasteiger partial charge in [0.25, 0.3) is 0 Å². The largest absolute Gasteiger partial charge is 0.481 e. The lowest BCUT2D eigenvalue weighted by Crippen LogP contribution is -2.47. The van der Waals surface area contributed by atoms with Gasteiger partial charge in [-0.15, -0.1) is 0 Å². The number of carboxylic acid groups (broad SMARTS) is 1. The van der Waals surface area contributed by atoms with Gasteiger partial charge in [-0.05, 0) is 30.0 Å². The summed E-state index contributed by atoms with van der Waals surface area (Å²) < 4.78 is 0. The molecule has 23 heavy (non-hydrogen) atoms. The lowest BCUT2D eigenvalue weighted by atomic mass is 10.1. The summed E-state index contributed by atoms with van der Waals surface area (Å²) in [6, 6.07) is 5.15. The van der Waals surface area contributed by atoms with Gasteiger partial charge in [-0.3, -0.25) is 9.59 Å². The fourth-order valence-corrected chi connectivity index (χ4v) is 4.75. The fraction of sp³-hybridized carbons (Fsp3) is 0.500. The van der Waals surface area contributed by atoms with Crippen LogP contribution in [0.3, 0.4) is 0 Å². The first-order chi connectivity index (χ1) is 11.0. The van der Waals surface area contributed by atoms with Gasteiger partial charge < -0.3 is 10.0 Å². The third kappa shape index (κ3) is 3.78. The predicted octanol–water partition coefficient (Wildman–Crippen LogP) is 3.52. The van der Waals surface area contributed by atoms with Gasteiger partial charge in [0.05, 0.1) is 12.5 Å². The Morgan fingerprint density at radius 1 is 1.35 bits per heavy atom. The van der Waals surface area contributed by atoms with Crippen molar-refractivity contribution in [1.29, 1.82) is 0 Å². The number of hydrogen-bond acceptors (Lipinski definition) is 3. The maximum atomic E-state index is 12.8. The molecule has 1 saturated heterocycles. The first-order valence-electron chi connectivity index (χ1n) is 7.52. The number of carboxylic acids is 1. The molecule has 2 aliphatic rings. The van der Waals surface area contributed by atoms with Crippen LogP contribution in [0.2, 0.25) is 10.0 Å². The van der Waals surface area contributed by atoms with Crippen LogP contribution in [0.5, 0.6) is 0 Å². The lowest BCUT2D eigenvalue weighted by Gasteiger charge is -2.35. The minimum Gasteiger partial charge on any atom is -0.481 e. The average molecular weight is 374 g/mol. The molecule has 3 rings (SSSR count). The van der Waals surface area contributed by atoms with Gasteiger partial charge in [0, 0.05) is 34.0 Å². The zero-order valence-corrected chi connectivity index (χ0v) is 14.7. The first kappa shape index (κ1) is 16.9. The Kier molecular flexibility index (Phi) is 5.09. The highest BCUT2D eigenvalue weighted by Gasteiger charge is 2.48. The Morgan fingerprint density at radius 3 is 2.83 bits per heavy atom. The van der Waals surface area contributed by atoms with Crippen LogP contribution >= 0.6 is 35.0 Å². The Hall–Kier alpha value is -0.910. The van der Waals surface area contributed by atoms with E-state index in [1.807, 2.05) is 6.07 Å². The quantitative estimate of drug-likeness (QED) is 0.876. The van der Waals surface area contributed by atoms with Crippen LogP contribution in [0.25, 0.3) is 0 Å². The number of amides is 1. The van der Waals surface area contributed by atoms with Gasteiger partial charge in [0.1, 0.15) is 0 Å². The lowest BCUT2D eigenvalue weighted by molar-refractivity contribution is -0.140. The van der Waals surface area contributed by atoms with E-state index in [4.69, 9.17) is 28.3 Å². The molecule has 0 spiro atoms. The van der Waals surface area contributed by atoms with Crippen LogP contribution in [0.4, 0.5) is 0 Å². The van der Waals surface area contributed by atoms with Crippen molar-refractivity contribution in [2.75, 3.05) is 18.1 Å². The van der Waals surface area contributed by atoms with E-state index in [0.29, 0.717) is 22.3 Å². The molecule has 1 aromatic carbocycles. The number of aliphatic carboxylic acids is 1. The van der Waals surface area contributed by atoms with Crippen molar-refractivity contribution < 1.29 is 14.7 Å². The maximum Gasteiger partial charge on any atom is 0.305 e. The van der Waals surface area contributed by atoms with E-state index in [9.17, 15) is 9.59 Å². The fourth-order valence-electron chi connectivity index (χ4n) is 3.14. The van der Waals surface area contributed by atoms with E-state index in [1.165, 1.54) is 0 Å². The van der Waals surface area contributed by atoms with Crippen molar-refractivity contribution in [3.8, 4) is 0 Å². The second kappa shape index (κ2) is 6.91. The second-order valence-corrected chi connectivity index (χ2v) is 7.97. The standard InChI is InChI=1S/C16H17Cl2NO3S/c17-9-1-2-11(14(18)5-9)12-7-13(12)16(22)19-3-4-23-8-10(19)6-15(20)21/h1-2,5,10,12-13H,3-4,6-8H2,(H,20,21). The molecule has 3 atom stereocenters. The van der Waals surface area contributed by atoms with E-state index in [-0.39, 0.29) is 30.2 Å². The van der Waals surface area contributed by atoms with E-state index in [1.54, 1.807) is 28.8 Å². The second-order valence-electron chi connectivity index (χ2n) is 5.97. The zero-order valence-electron chi connectivity index (χ0n) is 12.4. The summed E-state index contributed by atoms with van der Waals surface area (Å²) in [6.45, 7) is 0.624. The molecular weight excluding hydrogens is 357 g/mol. The highest BCUT2D eigenvalue weighted by Crippen LogP contribution is 2.51. The third-order valence-electron chi connectivity index (χ3n) is 4.39. The normalized spacial score (nSPS) is 26.9. The van der Waals surface area contributed by atoms with Gasteiger partial charge >= 0.3 is 5.97 Å². The third-order valence-corrected chi connectivity index (χ3v) is 6.04. The number of nitrogens with zero attached hydrogens (tertiary/aromatic N) is 1. The molecule has 1 amide bonds. The van der Waals surface area contributed by atoms with E-state index in [0.717, 1.165) is 17.7 Å². The van der Waals surface area contributed by atoms with Crippen molar-refractivity contribution in [3.63, 3.8) is 0 Å². The van der Waals surface area contributed by atoms with Crippen LogP contribution in [0.1, 0.15) is 24.3 Å².